The van der Waals surface area contributed by atoms with Crippen LogP contribution in [0.5, 0.6) is 0 Å². The molecule has 0 spiro atoms. The predicted octanol–water partition coefficient (Wildman–Crippen LogP) is 8.61. The van der Waals surface area contributed by atoms with Gasteiger partial charge in [0.15, 0.2) is 0 Å². The van der Waals surface area contributed by atoms with Crippen molar-refractivity contribution in [2.75, 3.05) is 0 Å². The van der Waals surface area contributed by atoms with E-state index in [-0.39, 0.29) is 0 Å². The third kappa shape index (κ3) is 3.51. The second-order valence-corrected chi connectivity index (χ2v) is 12.3. The molecule has 0 amide bonds. The summed E-state index contributed by atoms with van der Waals surface area (Å²) >= 11 is 0. The van der Waals surface area contributed by atoms with E-state index in [4.69, 9.17) is 0 Å². The minimum Gasteiger partial charge on any atom is -0.0852 e. The molecule has 0 unspecified atom stereocenters. The zero-order chi connectivity index (χ0) is 21.0. The van der Waals surface area contributed by atoms with Crippen LogP contribution in [0.3, 0.4) is 0 Å². The van der Waals surface area contributed by atoms with E-state index >= 15 is 0 Å². The highest BCUT2D eigenvalue weighted by Crippen LogP contribution is 2.66. The fraction of sp³-hybridized carbons (Fsp3) is 0.793. The molecule has 3 fully saturated rings. The first-order chi connectivity index (χ1) is 13.7. The SMILES string of the molecule is CC(C)[C@@H](C)C=C[C@@H](C)[C@H]1CC[C@H]2C3=CC=C4C[C@@H](C)CC[C@]4(C)[C@H]3CC[C@]12C. The Bertz CT molecular complexity index is 706. The maximum Gasteiger partial charge on any atom is -0.00474 e. The standard InChI is InChI=1S/C29H46/c1-19(2)21(4)8-9-22(5)25-12-13-26-24-11-10-23-18-20(3)14-16-28(23,6)27(24)15-17-29(25,26)7/h8-11,19-22,25-27H,12-18H2,1-7H3/t20-,21-,22+,25+,26-,27-,28-,29+/m0/s1. The Labute approximate surface area is 181 Å². The number of fused-ring (bicyclic) bond motifs is 5. The van der Waals surface area contributed by atoms with Gasteiger partial charge in [0.05, 0.1) is 0 Å². The topological polar surface area (TPSA) is 0 Å². The summed E-state index contributed by atoms with van der Waals surface area (Å²) in [4.78, 5) is 0. The highest BCUT2D eigenvalue weighted by atomic mass is 14.6. The van der Waals surface area contributed by atoms with Crippen molar-refractivity contribution in [3.05, 3.63) is 35.5 Å². The Morgan fingerprint density at radius 2 is 1.66 bits per heavy atom. The number of rotatable bonds is 4. The zero-order valence-electron chi connectivity index (χ0n) is 20.3. The molecule has 0 N–H and O–H groups in total. The highest BCUT2D eigenvalue weighted by molar-refractivity contribution is 5.38. The first kappa shape index (κ1) is 21.5. The van der Waals surface area contributed by atoms with Crippen LogP contribution in [-0.2, 0) is 0 Å². The molecule has 0 heterocycles. The molecular formula is C29H46. The monoisotopic (exact) mass is 394 g/mol. The molecule has 3 saturated carbocycles. The smallest absolute Gasteiger partial charge is 0.00474 e. The quantitative estimate of drug-likeness (QED) is 0.419. The van der Waals surface area contributed by atoms with Gasteiger partial charge < -0.3 is 0 Å². The lowest BCUT2D eigenvalue weighted by atomic mass is 9.49. The maximum absolute atomic E-state index is 2.66. The average Bonchev–Trinajstić information content (AvgIpc) is 3.03. The van der Waals surface area contributed by atoms with Crippen LogP contribution in [0, 0.1) is 52.3 Å². The van der Waals surface area contributed by atoms with Crippen molar-refractivity contribution in [3.8, 4) is 0 Å². The van der Waals surface area contributed by atoms with Gasteiger partial charge in [-0.25, -0.2) is 0 Å². The summed E-state index contributed by atoms with van der Waals surface area (Å²) in [6.45, 7) is 17.3. The van der Waals surface area contributed by atoms with Crippen molar-refractivity contribution in [1.82, 2.24) is 0 Å². The van der Waals surface area contributed by atoms with E-state index in [1.54, 1.807) is 5.57 Å². The van der Waals surface area contributed by atoms with E-state index in [1.165, 1.54) is 44.9 Å². The van der Waals surface area contributed by atoms with E-state index in [0.717, 1.165) is 29.6 Å². The maximum atomic E-state index is 2.66. The molecule has 0 radical (unpaired) electrons. The average molecular weight is 395 g/mol. The molecule has 0 nitrogen and oxygen atoms in total. The summed E-state index contributed by atoms with van der Waals surface area (Å²) < 4.78 is 0. The Kier molecular flexibility index (Phi) is 5.71. The third-order valence-corrected chi connectivity index (χ3v) is 10.3. The molecule has 4 rings (SSSR count). The molecule has 0 aromatic heterocycles. The first-order valence-electron chi connectivity index (χ1n) is 12.8. The molecule has 0 heteroatoms. The largest absolute Gasteiger partial charge is 0.0852 e. The van der Waals surface area contributed by atoms with Crippen LogP contribution in [0.2, 0.25) is 0 Å². The number of hydrogen-bond acceptors (Lipinski definition) is 0. The molecular weight excluding hydrogens is 348 g/mol. The minimum absolute atomic E-state index is 0.466. The molecule has 0 bridgehead atoms. The van der Waals surface area contributed by atoms with E-state index in [0.29, 0.717) is 22.7 Å². The van der Waals surface area contributed by atoms with Gasteiger partial charge in [0.1, 0.15) is 0 Å². The first-order valence-corrected chi connectivity index (χ1v) is 12.8. The second kappa shape index (κ2) is 7.72. The highest BCUT2D eigenvalue weighted by Gasteiger charge is 2.56. The van der Waals surface area contributed by atoms with Crippen LogP contribution in [0.15, 0.2) is 35.5 Å². The minimum atomic E-state index is 0.466. The Morgan fingerprint density at radius 3 is 2.38 bits per heavy atom. The van der Waals surface area contributed by atoms with Gasteiger partial charge in [-0.2, -0.15) is 0 Å². The normalized spacial score (nSPS) is 44.0. The molecule has 29 heavy (non-hydrogen) atoms. The van der Waals surface area contributed by atoms with Gasteiger partial charge in [-0.15, -0.1) is 0 Å². The summed E-state index contributed by atoms with van der Waals surface area (Å²) in [5.41, 5.74) is 4.61. The van der Waals surface area contributed by atoms with Gasteiger partial charge in [-0.05, 0) is 97.2 Å². The summed E-state index contributed by atoms with van der Waals surface area (Å²) in [5, 5.41) is 0. The van der Waals surface area contributed by atoms with Crippen LogP contribution in [0.25, 0.3) is 0 Å². The zero-order valence-corrected chi connectivity index (χ0v) is 20.3. The van der Waals surface area contributed by atoms with Gasteiger partial charge in [0.25, 0.3) is 0 Å². The summed E-state index contributed by atoms with van der Waals surface area (Å²) in [5.74, 6) is 5.55. The van der Waals surface area contributed by atoms with Crippen molar-refractivity contribution < 1.29 is 0 Å². The molecule has 0 aliphatic heterocycles. The molecule has 0 saturated heterocycles. The fourth-order valence-corrected chi connectivity index (χ4v) is 7.80. The van der Waals surface area contributed by atoms with Crippen molar-refractivity contribution >= 4 is 0 Å². The van der Waals surface area contributed by atoms with Crippen molar-refractivity contribution in [2.45, 2.75) is 93.4 Å². The Hall–Kier alpha value is -0.780. The van der Waals surface area contributed by atoms with Gasteiger partial charge in [-0.1, -0.05) is 83.9 Å². The van der Waals surface area contributed by atoms with Crippen LogP contribution in [0.4, 0.5) is 0 Å². The van der Waals surface area contributed by atoms with Gasteiger partial charge in [0, 0.05) is 0 Å². The molecule has 0 aromatic rings. The summed E-state index contributed by atoms with van der Waals surface area (Å²) in [6, 6.07) is 0. The number of allylic oxidation sites excluding steroid dienone is 6. The summed E-state index contributed by atoms with van der Waals surface area (Å²) in [6.07, 6.45) is 20.2. The van der Waals surface area contributed by atoms with Crippen LogP contribution in [-0.4, -0.2) is 0 Å². The lowest BCUT2D eigenvalue weighted by Crippen LogP contribution is -2.45. The molecule has 8 atom stereocenters. The third-order valence-electron chi connectivity index (χ3n) is 10.3. The van der Waals surface area contributed by atoms with E-state index < -0.39 is 0 Å². The number of hydrogen-bond donors (Lipinski definition) is 0. The van der Waals surface area contributed by atoms with Gasteiger partial charge >= 0.3 is 0 Å². The van der Waals surface area contributed by atoms with Crippen molar-refractivity contribution in [2.24, 2.45) is 52.3 Å². The van der Waals surface area contributed by atoms with Crippen molar-refractivity contribution in [1.29, 1.82) is 0 Å². The molecule has 4 aliphatic rings. The van der Waals surface area contributed by atoms with Crippen LogP contribution >= 0.6 is 0 Å². The van der Waals surface area contributed by atoms with E-state index in [1.807, 2.05) is 5.57 Å². The lowest BCUT2D eigenvalue weighted by molar-refractivity contribution is 0.0539. The predicted molar refractivity (Wildman–Crippen MR) is 127 cm³/mol. The van der Waals surface area contributed by atoms with Gasteiger partial charge in [-0.3, -0.25) is 0 Å². The van der Waals surface area contributed by atoms with Crippen molar-refractivity contribution in [3.63, 3.8) is 0 Å². The lowest BCUT2D eigenvalue weighted by Gasteiger charge is -2.55. The second-order valence-electron chi connectivity index (χ2n) is 12.3. The van der Waals surface area contributed by atoms with Gasteiger partial charge in [0.2, 0.25) is 0 Å². The molecule has 4 aliphatic carbocycles. The van der Waals surface area contributed by atoms with E-state index in [2.05, 4.69) is 72.8 Å². The molecule has 0 aromatic carbocycles. The Morgan fingerprint density at radius 1 is 0.897 bits per heavy atom. The fourth-order valence-electron chi connectivity index (χ4n) is 7.80. The summed E-state index contributed by atoms with van der Waals surface area (Å²) in [7, 11) is 0. The van der Waals surface area contributed by atoms with E-state index in [9.17, 15) is 0 Å². The van der Waals surface area contributed by atoms with Crippen LogP contribution in [0.1, 0.15) is 93.4 Å². The molecule has 162 valence electrons. The Balaban J connectivity index is 1.57. The van der Waals surface area contributed by atoms with Crippen LogP contribution < -0.4 is 0 Å².